The van der Waals surface area contributed by atoms with Crippen LogP contribution in [0.4, 0.5) is 0 Å². The van der Waals surface area contributed by atoms with Crippen LogP contribution in [-0.4, -0.2) is 81.9 Å². The van der Waals surface area contributed by atoms with Crippen molar-refractivity contribution in [1.29, 1.82) is 0 Å². The van der Waals surface area contributed by atoms with Crippen molar-refractivity contribution >= 4 is 86.0 Å². The SMILES string of the molecule is C=CC1=C(C)c2cc3[n-]c(cc4nc(cc5[n-]c(cc1n2)c(C)c5C=C)C(C)=C4CCC(=O)O)c(CCC(=O)NC(CC(C)C)C(=O)NC(CC(C)C)C(=O)NC(C(=O)NC(Cc1ccccc1)C(=O)OC)C(C)C)c3C.[Fe+2]. The molecule has 4 aromatic rings. The first kappa shape index (κ1) is 61.5. The Kier molecular flexibility index (Phi) is 21.5. The number of aryl methyl sites for hydroxylation is 3. The molecule has 4 unspecified atom stereocenters. The number of aliphatic carboxylic acids is 1. The third-order valence-electron chi connectivity index (χ3n) is 14.1. The third kappa shape index (κ3) is 15.0. The Morgan fingerprint density at radius 1 is 0.641 bits per heavy atom. The number of allylic oxidation sites excluding steroid dienone is 5. The average Bonchev–Trinajstić information content (AvgIpc) is 4.04. The summed E-state index contributed by atoms with van der Waals surface area (Å²) in [6.07, 6.45) is 4.50. The van der Waals surface area contributed by atoms with Gasteiger partial charge in [-0.2, -0.15) is 0 Å². The van der Waals surface area contributed by atoms with Crippen molar-refractivity contribution in [3.8, 4) is 0 Å². The van der Waals surface area contributed by atoms with Crippen molar-refractivity contribution in [3.05, 3.63) is 124 Å². The van der Waals surface area contributed by atoms with Gasteiger partial charge in [0.25, 0.3) is 0 Å². The number of fused-ring (bicyclic) bond motifs is 8. The summed E-state index contributed by atoms with van der Waals surface area (Å²) in [6, 6.07) is 12.6. The van der Waals surface area contributed by atoms with E-state index in [1.807, 2.05) is 110 Å². The summed E-state index contributed by atoms with van der Waals surface area (Å²) in [5.41, 5.74) is 12.5. The van der Waals surface area contributed by atoms with E-state index in [0.29, 0.717) is 39.3 Å². The van der Waals surface area contributed by atoms with Crippen molar-refractivity contribution < 1.29 is 55.7 Å². The van der Waals surface area contributed by atoms with Gasteiger partial charge in [-0.05, 0) is 99.0 Å². The monoisotopic (exact) mass is 1100 g/mol. The largest absolute Gasteiger partial charge is 2.00 e. The van der Waals surface area contributed by atoms with Crippen LogP contribution < -0.4 is 31.2 Å². The number of carboxylic acid groups (broad SMARTS) is 1. The second-order valence-electron chi connectivity index (χ2n) is 21.1. The van der Waals surface area contributed by atoms with Gasteiger partial charge in [-0.1, -0.05) is 138 Å². The average molecular weight is 1100 g/mol. The van der Waals surface area contributed by atoms with E-state index in [1.54, 1.807) is 26.0 Å². The molecule has 4 amide bonds. The molecule has 0 aliphatic carbocycles. The molecule has 4 atom stereocenters. The van der Waals surface area contributed by atoms with Crippen LogP contribution in [0.3, 0.4) is 0 Å². The Hall–Kier alpha value is -7.36. The number of hydrogen-bond donors (Lipinski definition) is 5. The van der Waals surface area contributed by atoms with Gasteiger partial charge in [0.05, 0.1) is 29.9 Å². The molecule has 8 bridgehead atoms. The fourth-order valence-corrected chi connectivity index (χ4v) is 9.80. The number of benzene rings is 1. The molecule has 16 nitrogen and oxygen atoms in total. The first-order chi connectivity index (χ1) is 36.5. The number of ether oxygens (including phenoxy) is 1. The van der Waals surface area contributed by atoms with E-state index in [2.05, 4.69) is 34.4 Å². The number of aromatic nitrogens is 4. The molecule has 78 heavy (non-hydrogen) atoms. The number of carbonyl (C=O) groups is 6. The molecule has 5 N–H and O–H groups in total. The summed E-state index contributed by atoms with van der Waals surface area (Å²) < 4.78 is 5.00. The smallest absolute Gasteiger partial charge is 0.657 e. The van der Waals surface area contributed by atoms with E-state index >= 15 is 0 Å². The van der Waals surface area contributed by atoms with Gasteiger partial charge in [0.1, 0.15) is 24.2 Å². The van der Waals surface area contributed by atoms with Crippen LogP contribution >= 0.6 is 0 Å². The second kappa shape index (κ2) is 27.3. The molecule has 2 aliphatic heterocycles. The minimum Gasteiger partial charge on any atom is -0.657 e. The van der Waals surface area contributed by atoms with E-state index in [4.69, 9.17) is 24.7 Å². The van der Waals surface area contributed by atoms with Crippen molar-refractivity contribution in [2.75, 3.05) is 7.11 Å². The van der Waals surface area contributed by atoms with Crippen molar-refractivity contribution in [3.63, 3.8) is 0 Å². The molecule has 5 heterocycles. The summed E-state index contributed by atoms with van der Waals surface area (Å²) >= 11 is 0. The summed E-state index contributed by atoms with van der Waals surface area (Å²) in [4.78, 5) is 101. The number of hydrogen-bond acceptors (Lipinski definition) is 9. The van der Waals surface area contributed by atoms with Gasteiger partial charge < -0.3 is 41.1 Å². The third-order valence-corrected chi connectivity index (χ3v) is 14.1. The number of rotatable bonds is 23. The Balaban J connectivity index is 0.0000112. The van der Waals surface area contributed by atoms with Crippen LogP contribution in [0.5, 0.6) is 0 Å². The number of nitrogens with zero attached hydrogens (tertiary/aromatic N) is 4. The standard InChI is InChI=1S/C61H76N8O8.Fe/c1-14-40-35(9)44-28-45-37(11)42(50(64-45)31-51-43(22-24-56(71)72)38(12)47(65-51)30-49-41(15-2)36(10)46(63-49)29-48(40)62-44)21-23-55(70)66-52(25-32(3)4)58(73)67-53(26-33(5)6)59(74)69-57(34(7)8)60(75)68-54(61(76)77-13)27-39-19-17-16-18-20-39;/h14-20,28-34,52-54,57H,1-2,21-27H2,3-13H3,(H7,62,63,64,65,66,67,68,69,70,71,72,73,74,75);/q;+2/p-2. The zero-order valence-corrected chi connectivity index (χ0v) is 47.8. The zero-order chi connectivity index (χ0) is 56.4. The van der Waals surface area contributed by atoms with Gasteiger partial charge in [-0.15, -0.1) is 22.1 Å². The first-order valence-electron chi connectivity index (χ1n) is 26.4. The topological polar surface area (TPSA) is 234 Å². The Bertz CT molecular complexity index is 3180. The van der Waals surface area contributed by atoms with Crippen LogP contribution in [0.1, 0.15) is 138 Å². The molecule has 3 aromatic heterocycles. The van der Waals surface area contributed by atoms with E-state index in [0.717, 1.165) is 55.6 Å². The predicted molar refractivity (Wildman–Crippen MR) is 303 cm³/mol. The molecule has 0 radical (unpaired) electrons. The summed E-state index contributed by atoms with van der Waals surface area (Å²) in [6.45, 7) is 27.2. The van der Waals surface area contributed by atoms with Crippen LogP contribution in [0.25, 0.3) is 50.4 Å². The maximum absolute atomic E-state index is 14.3. The fourth-order valence-electron chi connectivity index (χ4n) is 9.80. The number of carboxylic acids is 1. The molecule has 17 heteroatoms. The van der Waals surface area contributed by atoms with Crippen LogP contribution in [-0.2, 0) is 63.4 Å². The number of esters is 1. The Morgan fingerprint density at radius 2 is 1.19 bits per heavy atom. The minimum absolute atomic E-state index is 0. The van der Waals surface area contributed by atoms with E-state index < -0.39 is 65.7 Å². The van der Waals surface area contributed by atoms with Crippen LogP contribution in [0.15, 0.2) is 73.8 Å². The van der Waals surface area contributed by atoms with Gasteiger partial charge in [0.2, 0.25) is 23.6 Å². The van der Waals surface area contributed by atoms with Gasteiger partial charge in [-0.3, -0.25) is 24.0 Å². The minimum atomic E-state index is -1.07. The van der Waals surface area contributed by atoms with Crippen LogP contribution in [0, 0.1) is 31.6 Å². The quantitative estimate of drug-likeness (QED) is 0.0346. The van der Waals surface area contributed by atoms with Gasteiger partial charge in [-0.25, -0.2) is 14.8 Å². The zero-order valence-electron chi connectivity index (χ0n) is 46.7. The maximum Gasteiger partial charge on any atom is 2.00 e. The van der Waals surface area contributed by atoms with Crippen molar-refractivity contribution in [2.24, 2.45) is 17.8 Å². The molecular weight excluding hydrogens is 1030 g/mol. The first-order valence-corrected chi connectivity index (χ1v) is 26.4. The van der Waals surface area contributed by atoms with E-state index in [-0.39, 0.29) is 73.9 Å². The molecule has 6 rings (SSSR count). The van der Waals surface area contributed by atoms with E-state index in [1.165, 1.54) is 7.11 Å². The van der Waals surface area contributed by atoms with E-state index in [9.17, 15) is 33.9 Å². The van der Waals surface area contributed by atoms with Crippen molar-refractivity contribution in [1.82, 2.24) is 41.2 Å². The maximum atomic E-state index is 14.3. The normalized spacial score (nSPS) is 13.8. The van der Waals surface area contributed by atoms with Crippen LogP contribution in [0.2, 0.25) is 0 Å². The van der Waals surface area contributed by atoms with Gasteiger partial charge >= 0.3 is 29.0 Å². The fraction of sp³-hybridized carbons (Fsp3) is 0.410. The van der Waals surface area contributed by atoms with Gasteiger partial charge in [0.15, 0.2) is 0 Å². The molecule has 0 saturated heterocycles. The molecule has 2 aliphatic rings. The number of carbonyl (C=O) groups excluding carboxylic acids is 5. The molecule has 0 fully saturated rings. The second-order valence-corrected chi connectivity index (χ2v) is 21.1. The predicted octanol–water partition coefficient (Wildman–Crippen LogP) is 8.78. The molecule has 1 aromatic carbocycles. The number of methoxy groups -OCH3 is 1. The number of amides is 4. The Morgan fingerprint density at radius 3 is 1.79 bits per heavy atom. The molecular formula is C61H74FeN8O8. The summed E-state index contributed by atoms with van der Waals surface area (Å²) in [5, 5.41) is 21.3. The Labute approximate surface area is 468 Å². The molecule has 0 spiro atoms. The molecule has 414 valence electrons. The van der Waals surface area contributed by atoms with Gasteiger partial charge in [0, 0.05) is 24.8 Å². The molecule has 0 saturated carbocycles. The van der Waals surface area contributed by atoms with Crippen molar-refractivity contribution in [2.45, 2.75) is 138 Å². The summed E-state index contributed by atoms with van der Waals surface area (Å²) in [7, 11) is 1.24. The number of nitrogens with one attached hydrogen (secondary N) is 4. The summed E-state index contributed by atoms with van der Waals surface area (Å²) in [5.74, 6) is -4.19.